The Hall–Kier alpha value is -3.73. The Kier molecular flexibility index (Phi) is 8.26. The van der Waals surface area contributed by atoms with Crippen LogP contribution in [0.1, 0.15) is 41.0 Å². The summed E-state index contributed by atoms with van der Waals surface area (Å²) in [7, 11) is 0. The van der Waals surface area contributed by atoms with Gasteiger partial charge < -0.3 is 19.9 Å². The molecule has 0 unspecified atom stereocenters. The number of nitrogens with one attached hydrogen (secondary N) is 2. The van der Waals surface area contributed by atoms with Crippen molar-refractivity contribution >= 4 is 44.2 Å². The normalized spacial score (nSPS) is 18.7. The van der Waals surface area contributed by atoms with E-state index < -0.39 is 12.6 Å². The Morgan fingerprint density at radius 2 is 2.02 bits per heavy atom. The molecule has 2 saturated heterocycles. The fourth-order valence-electron chi connectivity index (χ4n) is 5.99. The number of fused-ring (bicyclic) bond motifs is 2. The number of nitriles is 1. The van der Waals surface area contributed by atoms with Crippen molar-refractivity contribution in [3.63, 3.8) is 0 Å². The molecule has 2 fully saturated rings. The summed E-state index contributed by atoms with van der Waals surface area (Å²) in [4.78, 5) is 23.1. The molecule has 13 heteroatoms. The number of amides is 1. The van der Waals surface area contributed by atoms with Crippen LogP contribution in [0.3, 0.4) is 0 Å². The molecule has 2 aliphatic rings. The molecule has 226 valence electrons. The average molecular weight is 612 g/mol. The predicted molar refractivity (Wildman–Crippen MR) is 158 cm³/mol. The number of benzene rings is 1. The smallest absolute Gasteiger partial charge is 0.367 e. The first-order valence-electron chi connectivity index (χ1n) is 14.4. The standard InChI is InChI=1S/C30H32F3N7O2S/c1-18-19(2-3-26-24(18)10-21(13-34)40(26)9-6-22-14-35-27(41)16-42-22)15-39-7-4-20(5-8-39)38-28-25-11-23(12-30(31,32)33)43-29(25)37-17-36-28/h2-3,10-11,17,20,22H,4-9,12,14-16H2,1H3,(H,35,41)(H,36,37,38)/t22-/m0/s1. The average Bonchev–Trinajstić information content (AvgIpc) is 3.55. The lowest BCUT2D eigenvalue weighted by Crippen LogP contribution is -2.43. The van der Waals surface area contributed by atoms with Gasteiger partial charge in [-0.1, -0.05) is 6.07 Å². The van der Waals surface area contributed by atoms with E-state index in [1.54, 1.807) is 6.07 Å². The Labute approximate surface area is 250 Å². The van der Waals surface area contributed by atoms with E-state index in [9.17, 15) is 23.2 Å². The summed E-state index contributed by atoms with van der Waals surface area (Å²) >= 11 is 1.06. The number of morpholine rings is 1. The van der Waals surface area contributed by atoms with Gasteiger partial charge in [-0.05, 0) is 55.5 Å². The number of likely N-dealkylation sites (tertiary alicyclic amines) is 1. The number of anilines is 1. The first-order chi connectivity index (χ1) is 20.7. The van der Waals surface area contributed by atoms with E-state index >= 15 is 0 Å². The highest BCUT2D eigenvalue weighted by atomic mass is 32.1. The van der Waals surface area contributed by atoms with E-state index in [1.165, 1.54) is 11.9 Å². The Bertz CT molecular complexity index is 1670. The molecule has 2 aliphatic heterocycles. The largest absolute Gasteiger partial charge is 0.393 e. The Morgan fingerprint density at radius 3 is 2.74 bits per heavy atom. The highest BCUT2D eigenvalue weighted by Gasteiger charge is 2.29. The van der Waals surface area contributed by atoms with Crippen molar-refractivity contribution < 1.29 is 22.7 Å². The SMILES string of the molecule is Cc1c(CN2CCC(Nc3ncnc4sc(CC(F)(F)F)cc34)CC2)ccc2c1cc(C#N)n2CC[C@H]1CNC(=O)CO1. The maximum absolute atomic E-state index is 12.9. The monoisotopic (exact) mass is 611 g/mol. The van der Waals surface area contributed by atoms with Gasteiger partial charge in [-0.3, -0.25) is 9.69 Å². The van der Waals surface area contributed by atoms with Gasteiger partial charge in [-0.2, -0.15) is 18.4 Å². The minimum atomic E-state index is -4.26. The van der Waals surface area contributed by atoms with Crippen molar-refractivity contribution in [3.8, 4) is 6.07 Å². The zero-order valence-electron chi connectivity index (χ0n) is 23.7. The van der Waals surface area contributed by atoms with Crippen LogP contribution in [0.15, 0.2) is 30.6 Å². The lowest BCUT2D eigenvalue weighted by Gasteiger charge is -2.33. The summed E-state index contributed by atoms with van der Waals surface area (Å²) in [5.74, 6) is 0.489. The van der Waals surface area contributed by atoms with Gasteiger partial charge in [0.15, 0.2) is 0 Å². The number of carbonyl (C=O) groups excluding carboxylic acids is 1. The fourth-order valence-corrected chi connectivity index (χ4v) is 7.02. The van der Waals surface area contributed by atoms with E-state index in [0.29, 0.717) is 41.2 Å². The molecule has 1 aromatic carbocycles. The summed E-state index contributed by atoms with van der Waals surface area (Å²) < 4.78 is 46.4. The van der Waals surface area contributed by atoms with Crippen LogP contribution in [0.5, 0.6) is 0 Å². The minimum absolute atomic E-state index is 0.0723. The van der Waals surface area contributed by atoms with Gasteiger partial charge in [-0.15, -0.1) is 11.3 Å². The van der Waals surface area contributed by atoms with Crippen LogP contribution in [0, 0.1) is 18.3 Å². The van der Waals surface area contributed by atoms with Crippen LogP contribution in [0.2, 0.25) is 0 Å². The molecular formula is C30H32F3N7O2S. The van der Waals surface area contributed by atoms with Crippen molar-refractivity contribution in [2.24, 2.45) is 0 Å². The Balaban J connectivity index is 1.08. The van der Waals surface area contributed by atoms with Crippen molar-refractivity contribution in [2.45, 2.75) is 64.0 Å². The Morgan fingerprint density at radius 1 is 1.21 bits per heavy atom. The highest BCUT2D eigenvalue weighted by molar-refractivity contribution is 7.18. The van der Waals surface area contributed by atoms with Gasteiger partial charge in [0.1, 0.15) is 35.3 Å². The van der Waals surface area contributed by atoms with E-state index in [4.69, 9.17) is 4.74 Å². The van der Waals surface area contributed by atoms with Gasteiger partial charge in [0.2, 0.25) is 5.91 Å². The van der Waals surface area contributed by atoms with Gasteiger partial charge in [0, 0.05) is 54.5 Å². The number of rotatable bonds is 8. The first-order valence-corrected chi connectivity index (χ1v) is 15.2. The van der Waals surface area contributed by atoms with Crippen LogP contribution in [0.25, 0.3) is 21.1 Å². The highest BCUT2D eigenvalue weighted by Crippen LogP contribution is 2.33. The van der Waals surface area contributed by atoms with Gasteiger partial charge in [-0.25, -0.2) is 9.97 Å². The molecule has 0 spiro atoms. The van der Waals surface area contributed by atoms with Crippen LogP contribution in [-0.2, 0) is 29.0 Å². The number of alkyl halides is 3. The van der Waals surface area contributed by atoms with E-state index in [1.807, 2.05) is 10.6 Å². The third kappa shape index (κ3) is 6.61. The molecule has 6 rings (SSSR count). The zero-order chi connectivity index (χ0) is 30.1. The molecule has 3 aromatic heterocycles. The van der Waals surface area contributed by atoms with Crippen molar-refractivity contribution in [1.82, 2.24) is 24.8 Å². The molecule has 2 N–H and O–H groups in total. The molecule has 0 aliphatic carbocycles. The number of hydrogen-bond acceptors (Lipinski definition) is 8. The van der Waals surface area contributed by atoms with Gasteiger partial charge in [0.25, 0.3) is 0 Å². The summed E-state index contributed by atoms with van der Waals surface area (Å²) in [6, 6.07) is 10.2. The molecule has 43 heavy (non-hydrogen) atoms. The molecule has 9 nitrogen and oxygen atoms in total. The van der Waals surface area contributed by atoms with Crippen molar-refractivity contribution in [2.75, 3.05) is 31.6 Å². The number of ether oxygens (including phenoxy) is 1. The first kappa shape index (κ1) is 29.3. The second-order valence-corrected chi connectivity index (χ2v) is 12.4. The fraction of sp³-hybridized carbons (Fsp3) is 0.467. The molecule has 0 bridgehead atoms. The van der Waals surface area contributed by atoms with E-state index in [2.05, 4.69) is 50.6 Å². The second-order valence-electron chi connectivity index (χ2n) is 11.2. The molecule has 5 heterocycles. The van der Waals surface area contributed by atoms with Crippen LogP contribution in [0.4, 0.5) is 19.0 Å². The molecular weight excluding hydrogens is 579 g/mol. The molecule has 0 radical (unpaired) electrons. The van der Waals surface area contributed by atoms with E-state index in [0.717, 1.165) is 60.3 Å². The number of nitrogens with zero attached hydrogens (tertiary/aromatic N) is 5. The summed E-state index contributed by atoms with van der Waals surface area (Å²) in [6.07, 6.45) is -1.43. The zero-order valence-corrected chi connectivity index (χ0v) is 24.5. The lowest BCUT2D eigenvalue weighted by molar-refractivity contribution is -0.133. The van der Waals surface area contributed by atoms with Crippen molar-refractivity contribution in [1.29, 1.82) is 5.26 Å². The lowest BCUT2D eigenvalue weighted by atomic mass is 10.0. The maximum atomic E-state index is 12.9. The summed E-state index contributed by atoms with van der Waals surface area (Å²) in [5, 5.41) is 17.8. The number of aryl methyl sites for hydroxylation is 2. The number of piperidine rings is 1. The maximum Gasteiger partial charge on any atom is 0.393 e. The van der Waals surface area contributed by atoms with E-state index in [-0.39, 0.29) is 29.5 Å². The molecule has 0 saturated carbocycles. The number of halogens is 3. The van der Waals surface area contributed by atoms with Gasteiger partial charge >= 0.3 is 6.18 Å². The van der Waals surface area contributed by atoms with Crippen molar-refractivity contribution in [3.05, 3.63) is 52.3 Å². The van der Waals surface area contributed by atoms with Gasteiger partial charge in [0.05, 0.1) is 17.9 Å². The summed E-state index contributed by atoms with van der Waals surface area (Å²) in [5.41, 5.74) is 4.00. The predicted octanol–water partition coefficient (Wildman–Crippen LogP) is 4.91. The second kappa shape index (κ2) is 12.1. The summed E-state index contributed by atoms with van der Waals surface area (Å²) in [6.45, 7) is 5.81. The van der Waals surface area contributed by atoms with Crippen LogP contribution < -0.4 is 10.6 Å². The number of hydrogen-bond donors (Lipinski definition) is 2. The number of aromatic nitrogens is 3. The van der Waals surface area contributed by atoms with Crippen LogP contribution in [-0.4, -0.2) is 69.9 Å². The third-order valence-electron chi connectivity index (χ3n) is 8.31. The third-order valence-corrected chi connectivity index (χ3v) is 9.35. The minimum Gasteiger partial charge on any atom is -0.367 e. The van der Waals surface area contributed by atoms with Crippen LogP contribution >= 0.6 is 11.3 Å². The number of thiophene rings is 1. The molecule has 1 amide bonds. The number of carbonyl (C=O) groups is 1. The molecule has 4 aromatic rings. The quantitative estimate of drug-likeness (QED) is 0.292. The molecule has 1 atom stereocenters. The topological polar surface area (TPSA) is 108 Å².